The van der Waals surface area contributed by atoms with E-state index in [4.69, 9.17) is 4.74 Å². The second-order valence-corrected chi connectivity index (χ2v) is 4.32. The molecule has 0 unspecified atom stereocenters. The lowest BCUT2D eigenvalue weighted by molar-refractivity contribution is -0.118. The number of nitrogens with zero attached hydrogens (tertiary/aromatic N) is 2. The van der Waals surface area contributed by atoms with E-state index in [0.29, 0.717) is 24.4 Å². The van der Waals surface area contributed by atoms with Crippen LogP contribution in [0, 0.1) is 5.82 Å². The van der Waals surface area contributed by atoms with Crippen LogP contribution < -0.4 is 10.1 Å². The molecule has 0 aliphatic rings. The molecule has 0 aliphatic carbocycles. The molecule has 1 aromatic carbocycles. The molecule has 106 valence electrons. The molecule has 1 aromatic heterocycles. The second kappa shape index (κ2) is 6.18. The predicted molar refractivity (Wildman–Crippen MR) is 72.5 cm³/mol. The summed E-state index contributed by atoms with van der Waals surface area (Å²) in [5.41, 5.74) is 1.40. The van der Waals surface area contributed by atoms with Crippen molar-refractivity contribution < 1.29 is 13.9 Å². The first kappa shape index (κ1) is 14.0. The van der Waals surface area contributed by atoms with Crippen LogP contribution in [-0.2, 0) is 11.2 Å². The summed E-state index contributed by atoms with van der Waals surface area (Å²) in [6.45, 7) is 1.99. The molecule has 0 radical (unpaired) electrons. The quantitative estimate of drug-likeness (QED) is 0.905. The number of halogens is 1. The summed E-state index contributed by atoms with van der Waals surface area (Å²) in [6.07, 6.45) is 4.00. The number of hydrogen-bond acceptors (Lipinski definition) is 3. The zero-order valence-corrected chi connectivity index (χ0v) is 11.4. The average Bonchev–Trinajstić information content (AvgIpc) is 2.87. The first-order chi connectivity index (χ1) is 9.60. The van der Waals surface area contributed by atoms with Crippen LogP contribution >= 0.6 is 0 Å². The minimum Gasteiger partial charge on any atom is -0.495 e. The van der Waals surface area contributed by atoms with Crippen molar-refractivity contribution in [3.63, 3.8) is 0 Å². The van der Waals surface area contributed by atoms with Gasteiger partial charge < -0.3 is 14.6 Å². The number of ether oxygens (including phenoxy) is 1. The Morgan fingerprint density at radius 1 is 1.50 bits per heavy atom. The molecule has 1 heterocycles. The third-order valence-electron chi connectivity index (χ3n) is 2.81. The molecular formula is C14H16FN3O2. The molecule has 1 N–H and O–H groups in total. The van der Waals surface area contributed by atoms with Crippen molar-refractivity contribution in [2.75, 3.05) is 13.7 Å². The molecular weight excluding hydrogens is 261 g/mol. The summed E-state index contributed by atoms with van der Waals surface area (Å²) in [4.78, 5) is 15.0. The molecule has 1 amide bonds. The number of methoxy groups -OCH3 is 1. The highest BCUT2D eigenvalue weighted by molar-refractivity contribution is 5.72. The zero-order valence-electron chi connectivity index (χ0n) is 11.4. The van der Waals surface area contributed by atoms with Crippen molar-refractivity contribution in [2.45, 2.75) is 13.3 Å². The lowest BCUT2D eigenvalue weighted by Crippen LogP contribution is -2.22. The normalized spacial score (nSPS) is 10.3. The van der Waals surface area contributed by atoms with Crippen molar-refractivity contribution in [3.05, 3.63) is 42.2 Å². The van der Waals surface area contributed by atoms with E-state index in [1.807, 2.05) is 0 Å². The Labute approximate surface area is 116 Å². The number of carbonyl (C=O) groups is 1. The molecule has 6 heteroatoms. The third kappa shape index (κ3) is 3.34. The Balaban J connectivity index is 2.16. The predicted octanol–water partition coefficient (Wildman–Crippen LogP) is 1.70. The Bertz CT molecular complexity index is 610. The number of carbonyl (C=O) groups excluding carboxylic acids is 1. The fraction of sp³-hybridized carbons (Fsp3) is 0.286. The summed E-state index contributed by atoms with van der Waals surface area (Å²) >= 11 is 0. The van der Waals surface area contributed by atoms with E-state index in [0.717, 1.165) is 5.69 Å². The van der Waals surface area contributed by atoms with E-state index in [9.17, 15) is 9.18 Å². The maximum absolute atomic E-state index is 13.3. The highest BCUT2D eigenvalue weighted by Gasteiger charge is 2.08. The van der Waals surface area contributed by atoms with Crippen molar-refractivity contribution >= 4 is 5.91 Å². The molecule has 0 fully saturated rings. The molecule has 2 rings (SSSR count). The van der Waals surface area contributed by atoms with E-state index in [1.165, 1.54) is 26.2 Å². The van der Waals surface area contributed by atoms with Gasteiger partial charge in [-0.2, -0.15) is 0 Å². The molecule has 0 bridgehead atoms. The van der Waals surface area contributed by atoms with Gasteiger partial charge in [-0.15, -0.1) is 0 Å². The standard InChI is InChI=1S/C14H16FN3O2/c1-10(19)16-6-5-12-8-18(9-17-12)13-7-11(15)3-4-14(13)20-2/h3-4,7-9H,5-6H2,1-2H3,(H,16,19). The third-order valence-corrected chi connectivity index (χ3v) is 2.81. The van der Waals surface area contributed by atoms with Crippen LogP contribution in [0.4, 0.5) is 4.39 Å². The molecule has 0 saturated heterocycles. The second-order valence-electron chi connectivity index (χ2n) is 4.32. The van der Waals surface area contributed by atoms with Crippen LogP contribution in [0.2, 0.25) is 0 Å². The van der Waals surface area contributed by atoms with Gasteiger partial charge in [-0.1, -0.05) is 0 Å². The van der Waals surface area contributed by atoms with Crippen LogP contribution in [-0.4, -0.2) is 29.1 Å². The zero-order chi connectivity index (χ0) is 14.5. The molecule has 2 aromatic rings. The fourth-order valence-electron chi connectivity index (χ4n) is 1.86. The summed E-state index contributed by atoms with van der Waals surface area (Å²) in [6, 6.07) is 4.30. The number of nitrogens with one attached hydrogen (secondary N) is 1. The number of hydrogen-bond donors (Lipinski definition) is 1. The number of aromatic nitrogens is 2. The van der Waals surface area contributed by atoms with Gasteiger partial charge in [0.1, 0.15) is 11.6 Å². The van der Waals surface area contributed by atoms with Crippen molar-refractivity contribution in [1.82, 2.24) is 14.9 Å². The summed E-state index contributed by atoms with van der Waals surface area (Å²) < 4.78 is 20.2. The van der Waals surface area contributed by atoms with Crippen LogP contribution in [0.5, 0.6) is 5.75 Å². The molecule has 0 aliphatic heterocycles. The average molecular weight is 277 g/mol. The largest absolute Gasteiger partial charge is 0.495 e. The number of amides is 1. The van der Waals surface area contributed by atoms with E-state index in [-0.39, 0.29) is 11.7 Å². The highest BCUT2D eigenvalue weighted by Crippen LogP contribution is 2.23. The monoisotopic (exact) mass is 277 g/mol. The summed E-state index contributed by atoms with van der Waals surface area (Å²) in [7, 11) is 1.53. The summed E-state index contributed by atoms with van der Waals surface area (Å²) in [5.74, 6) is 0.155. The van der Waals surface area contributed by atoms with E-state index in [1.54, 1.807) is 23.2 Å². The minimum absolute atomic E-state index is 0.0729. The SMILES string of the molecule is COc1ccc(F)cc1-n1cnc(CCNC(C)=O)c1. The highest BCUT2D eigenvalue weighted by atomic mass is 19.1. The lowest BCUT2D eigenvalue weighted by Gasteiger charge is -2.08. The van der Waals surface area contributed by atoms with Gasteiger partial charge >= 0.3 is 0 Å². The number of imidazole rings is 1. The number of rotatable bonds is 5. The maximum Gasteiger partial charge on any atom is 0.216 e. The molecule has 0 spiro atoms. The van der Waals surface area contributed by atoms with Gasteiger partial charge in [0.2, 0.25) is 5.91 Å². The Kier molecular flexibility index (Phi) is 4.34. The van der Waals surface area contributed by atoms with Gasteiger partial charge in [-0.3, -0.25) is 4.79 Å². The maximum atomic E-state index is 13.3. The van der Waals surface area contributed by atoms with Crippen LogP contribution in [0.3, 0.4) is 0 Å². The van der Waals surface area contributed by atoms with Crippen LogP contribution in [0.25, 0.3) is 5.69 Å². The summed E-state index contributed by atoms with van der Waals surface area (Å²) in [5, 5.41) is 2.70. The Hall–Kier alpha value is -2.37. The minimum atomic E-state index is -0.339. The van der Waals surface area contributed by atoms with Crippen molar-refractivity contribution in [3.8, 4) is 11.4 Å². The van der Waals surface area contributed by atoms with Crippen LogP contribution in [0.15, 0.2) is 30.7 Å². The van der Waals surface area contributed by atoms with Gasteiger partial charge in [-0.25, -0.2) is 9.37 Å². The fourth-order valence-corrected chi connectivity index (χ4v) is 1.86. The van der Waals surface area contributed by atoms with Gasteiger partial charge in [0.15, 0.2) is 0 Å². The molecule has 0 saturated carbocycles. The van der Waals surface area contributed by atoms with E-state index >= 15 is 0 Å². The van der Waals surface area contributed by atoms with Gasteiger partial charge in [0.05, 0.1) is 24.8 Å². The lowest BCUT2D eigenvalue weighted by atomic mass is 10.2. The van der Waals surface area contributed by atoms with Crippen molar-refractivity contribution in [1.29, 1.82) is 0 Å². The van der Waals surface area contributed by atoms with Crippen LogP contribution in [0.1, 0.15) is 12.6 Å². The molecule has 20 heavy (non-hydrogen) atoms. The first-order valence-electron chi connectivity index (χ1n) is 6.21. The van der Waals surface area contributed by atoms with Gasteiger partial charge in [-0.05, 0) is 12.1 Å². The molecule has 5 nitrogen and oxygen atoms in total. The van der Waals surface area contributed by atoms with Gasteiger partial charge in [0, 0.05) is 32.2 Å². The van der Waals surface area contributed by atoms with Gasteiger partial charge in [0.25, 0.3) is 0 Å². The molecule has 0 atom stereocenters. The topological polar surface area (TPSA) is 56.1 Å². The Morgan fingerprint density at radius 3 is 3.00 bits per heavy atom. The smallest absolute Gasteiger partial charge is 0.216 e. The Morgan fingerprint density at radius 2 is 2.30 bits per heavy atom. The number of benzene rings is 1. The van der Waals surface area contributed by atoms with Crippen molar-refractivity contribution in [2.24, 2.45) is 0 Å². The van der Waals surface area contributed by atoms with E-state index in [2.05, 4.69) is 10.3 Å². The first-order valence-corrected chi connectivity index (χ1v) is 6.21. The van der Waals surface area contributed by atoms with E-state index < -0.39 is 0 Å².